The molecule has 288 valence electrons. The number of nitrogens with one attached hydrogen (secondary N) is 1. The van der Waals surface area contributed by atoms with Gasteiger partial charge >= 0.3 is 29.0 Å². The van der Waals surface area contributed by atoms with Crippen LogP contribution in [0.15, 0.2) is 91.4 Å². The van der Waals surface area contributed by atoms with E-state index in [-0.39, 0.29) is 45.6 Å². The third-order valence-corrected chi connectivity index (χ3v) is 6.57. The Kier molecular flexibility index (Phi) is 29.1. The molecule has 1 aromatic carbocycles. The van der Waals surface area contributed by atoms with Crippen LogP contribution in [0, 0.1) is 13.8 Å². The molecule has 0 unspecified atom stereocenters. The van der Waals surface area contributed by atoms with Crippen LogP contribution >= 0.6 is 0 Å². The van der Waals surface area contributed by atoms with E-state index in [9.17, 15) is 4.79 Å². The molecule has 0 saturated heterocycles. The fourth-order valence-corrected chi connectivity index (χ4v) is 4.24. The summed E-state index contributed by atoms with van der Waals surface area (Å²) in [5, 5.41) is 8.94. The zero-order valence-corrected chi connectivity index (χ0v) is 36.9. The van der Waals surface area contributed by atoms with Crippen LogP contribution in [0.3, 0.4) is 0 Å². The molecule has 4 rings (SSSR count). The fourth-order valence-electron chi connectivity index (χ4n) is 4.24. The standard InChI is InChI=1S/C13H18O3.C12H20N2O.C8H12N2.C8H11N2.BrH.Mg/c1-9-7-6-8-10(2)11(9)12(14)15-16-13(3,4)5;1-12(2,3)15-14(4)10-8-11-7-5-6-9-13-11;2*1-9-7-5-8-4-2-3-6-10-8;;/h6-8H,1-5H3;5-7,9H,8,10H2,1-4H3;2-4,6,9H,5,7H2,1H3;2-4,6H,5,7H2,1H3;1H;/q;;;-1;;+2/p-1. The molecule has 0 aliphatic heterocycles. The number of nitrogens with zero attached hydrogens (tertiary/aromatic N) is 5. The normalized spacial score (nSPS) is 10.5. The van der Waals surface area contributed by atoms with Crippen molar-refractivity contribution >= 4 is 29.0 Å². The molecule has 0 bridgehead atoms. The van der Waals surface area contributed by atoms with Crippen LogP contribution in [0.5, 0.6) is 0 Å². The van der Waals surface area contributed by atoms with Crippen molar-refractivity contribution in [3.8, 4) is 0 Å². The molecule has 0 fully saturated rings. The van der Waals surface area contributed by atoms with Gasteiger partial charge in [-0.25, -0.2) is 4.79 Å². The van der Waals surface area contributed by atoms with Crippen LogP contribution in [0.1, 0.15) is 80.1 Å². The van der Waals surface area contributed by atoms with Gasteiger partial charge in [-0.1, -0.05) is 36.4 Å². The average Bonchev–Trinajstić information content (AvgIpc) is 3.09. The Labute approximate surface area is 346 Å². The van der Waals surface area contributed by atoms with Crippen LogP contribution < -0.4 is 22.3 Å². The second-order valence-electron chi connectivity index (χ2n) is 13.7. The molecule has 3 aromatic heterocycles. The summed E-state index contributed by atoms with van der Waals surface area (Å²) < 4.78 is 0. The molecule has 0 aliphatic rings. The Morgan fingerprint density at radius 1 is 0.736 bits per heavy atom. The maximum absolute atomic E-state index is 11.8. The molecule has 4 aromatic rings. The van der Waals surface area contributed by atoms with Gasteiger partial charge in [-0.15, -0.1) is 6.54 Å². The molecule has 0 saturated carbocycles. The quantitative estimate of drug-likeness (QED) is 0.125. The number of carbonyl (C=O) groups is 1. The number of likely N-dealkylation sites (N-methyl/N-ethyl adjacent to an activating group) is 3. The molecule has 0 atom stereocenters. The van der Waals surface area contributed by atoms with Gasteiger partial charge in [0.15, 0.2) is 0 Å². The van der Waals surface area contributed by atoms with Gasteiger partial charge in [0.2, 0.25) is 0 Å². The molecule has 0 aliphatic carbocycles. The Morgan fingerprint density at radius 3 is 1.60 bits per heavy atom. The minimum Gasteiger partial charge on any atom is -1.00 e. The summed E-state index contributed by atoms with van der Waals surface area (Å²) in [4.78, 5) is 39.9. The number of hydroxylamine groups is 2. The Balaban J connectivity index is 0. The predicted octanol–water partition coefficient (Wildman–Crippen LogP) is 4.57. The van der Waals surface area contributed by atoms with Gasteiger partial charge in [0.25, 0.3) is 0 Å². The molecule has 1 N–H and O–H groups in total. The maximum Gasteiger partial charge on any atom is 2.00 e. The number of aryl methyl sites for hydroxylation is 2. The molecule has 0 radical (unpaired) electrons. The second-order valence-corrected chi connectivity index (χ2v) is 13.7. The Morgan fingerprint density at radius 2 is 1.21 bits per heavy atom. The first kappa shape index (κ1) is 52.3. The number of halogens is 1. The first-order chi connectivity index (χ1) is 24.1. The van der Waals surface area contributed by atoms with E-state index in [1.165, 1.54) is 0 Å². The third kappa shape index (κ3) is 27.4. The molecular formula is C41H61BrMgN6O4. The van der Waals surface area contributed by atoms with E-state index in [4.69, 9.17) is 14.6 Å². The van der Waals surface area contributed by atoms with E-state index in [1.807, 2.05) is 173 Å². The molecular weight excluding hydrogens is 745 g/mol. The molecule has 3 heterocycles. The summed E-state index contributed by atoms with van der Waals surface area (Å²) in [6.45, 7) is 18.1. The molecule has 53 heavy (non-hydrogen) atoms. The number of benzene rings is 1. The average molecular weight is 806 g/mol. The van der Waals surface area contributed by atoms with Gasteiger partial charge in [-0.3, -0.25) is 24.7 Å². The van der Waals surface area contributed by atoms with Crippen molar-refractivity contribution in [3.05, 3.63) is 130 Å². The first-order valence-electron chi connectivity index (χ1n) is 17.4. The molecule has 0 amide bonds. The van der Waals surface area contributed by atoms with Crippen molar-refractivity contribution in [2.24, 2.45) is 0 Å². The molecule has 0 spiro atoms. The third-order valence-electron chi connectivity index (χ3n) is 6.57. The summed E-state index contributed by atoms with van der Waals surface area (Å²) in [6.07, 6.45) is 8.33. The van der Waals surface area contributed by atoms with Crippen LogP contribution in [0.25, 0.3) is 5.32 Å². The van der Waals surface area contributed by atoms with E-state index >= 15 is 0 Å². The van der Waals surface area contributed by atoms with Crippen molar-refractivity contribution in [2.45, 2.75) is 85.9 Å². The van der Waals surface area contributed by atoms with E-state index in [1.54, 1.807) is 0 Å². The van der Waals surface area contributed by atoms with Crippen LogP contribution in [0.4, 0.5) is 0 Å². The van der Waals surface area contributed by atoms with Crippen molar-refractivity contribution in [1.29, 1.82) is 0 Å². The largest absolute Gasteiger partial charge is 2.00 e. The summed E-state index contributed by atoms with van der Waals surface area (Å²) in [7, 11) is 5.72. The zero-order chi connectivity index (χ0) is 38.1. The monoisotopic (exact) mass is 804 g/mol. The first-order valence-corrected chi connectivity index (χ1v) is 17.4. The SMILES string of the molecule is CN(CCc1ccccn1)OC(C)(C)C.CNCCc1ccccn1.C[N-]CCc1ccccn1.Cc1cccc(C)c1C(=O)OOC(C)(C)C.[Br-].[Mg+2]. The van der Waals surface area contributed by atoms with Gasteiger partial charge in [-0.05, 0) is 116 Å². The summed E-state index contributed by atoms with van der Waals surface area (Å²) >= 11 is 0. The second kappa shape index (κ2) is 29.5. The maximum atomic E-state index is 11.8. The number of pyridine rings is 3. The molecule has 10 nitrogen and oxygen atoms in total. The summed E-state index contributed by atoms with van der Waals surface area (Å²) in [5.41, 5.74) is 5.11. The van der Waals surface area contributed by atoms with E-state index < -0.39 is 11.6 Å². The zero-order valence-electron chi connectivity index (χ0n) is 33.9. The number of carbonyl (C=O) groups excluding carboxylic acids is 1. The van der Waals surface area contributed by atoms with Crippen LogP contribution in [0.2, 0.25) is 0 Å². The summed E-state index contributed by atoms with van der Waals surface area (Å²) in [6, 6.07) is 23.6. The van der Waals surface area contributed by atoms with Gasteiger partial charge in [0, 0.05) is 68.7 Å². The van der Waals surface area contributed by atoms with Crippen molar-refractivity contribution in [2.75, 3.05) is 40.8 Å². The minimum atomic E-state index is -0.494. The smallest absolute Gasteiger partial charge is 1.00 e. The van der Waals surface area contributed by atoms with Gasteiger partial charge in [-0.2, -0.15) is 17.0 Å². The Hall–Kier alpha value is -2.81. The predicted molar refractivity (Wildman–Crippen MR) is 213 cm³/mol. The van der Waals surface area contributed by atoms with Crippen LogP contribution in [-0.4, -0.2) is 101 Å². The number of rotatable bonds is 12. The van der Waals surface area contributed by atoms with E-state index in [0.717, 1.165) is 67.1 Å². The summed E-state index contributed by atoms with van der Waals surface area (Å²) in [5.74, 6) is -0.439. The Bertz CT molecular complexity index is 1410. The van der Waals surface area contributed by atoms with Crippen LogP contribution in [-0.2, 0) is 33.9 Å². The fraction of sp³-hybridized carbons (Fsp3) is 0.463. The minimum absolute atomic E-state index is 0. The van der Waals surface area contributed by atoms with Gasteiger partial charge in [0.05, 0.1) is 11.2 Å². The topological polar surface area (TPSA) is 113 Å². The van der Waals surface area contributed by atoms with E-state index in [2.05, 4.69) is 25.6 Å². The molecule has 12 heteroatoms. The number of aromatic nitrogens is 3. The van der Waals surface area contributed by atoms with Gasteiger partial charge < -0.3 is 27.6 Å². The number of hydrogen-bond acceptors (Lipinski definition) is 9. The van der Waals surface area contributed by atoms with Gasteiger partial charge in [0.1, 0.15) is 5.60 Å². The van der Waals surface area contributed by atoms with Crippen molar-refractivity contribution in [3.63, 3.8) is 0 Å². The van der Waals surface area contributed by atoms with Crippen molar-refractivity contribution < 1.29 is 36.4 Å². The van der Waals surface area contributed by atoms with E-state index in [0.29, 0.717) is 5.56 Å². The van der Waals surface area contributed by atoms with Crippen molar-refractivity contribution in [1.82, 2.24) is 25.3 Å². The number of hydrogen-bond donors (Lipinski definition) is 1.